The van der Waals surface area contributed by atoms with Crippen LogP contribution in [-0.2, 0) is 38.3 Å². The van der Waals surface area contributed by atoms with Crippen LogP contribution in [0, 0.1) is 45.1 Å². The number of benzene rings is 1. The van der Waals surface area contributed by atoms with Crippen molar-refractivity contribution in [2.45, 2.75) is 89.4 Å². The first-order valence-corrected chi connectivity index (χ1v) is 13.3. The fraction of sp³-hybridized carbons (Fsp3) is 0.667. The molecule has 1 spiro atoms. The Hall–Kier alpha value is -3.11. The molecule has 0 N–H and O–H groups in total. The lowest BCUT2D eigenvalue weighted by atomic mass is 9.58. The number of carbonyl (C=O) groups excluding carboxylic acids is 2. The molecule has 1 saturated carbocycles. The van der Waals surface area contributed by atoms with Crippen molar-refractivity contribution >= 4 is 17.6 Å². The standard InChI is InChI=1S/C27H32N2O10/c1-15-4-9-20-16(2)24(36-25-27(20)19(15)12-13-26(3,37-25)38-39-27)35-23(31)11-10-22(30)34-21(14-28)17-5-7-18(8-6-17)29(32)33/h5-8,15-16,19-21,24-25H,4,9-13H2,1-3H3/t15-,16-,19+,20?,21?,24?,25-,26-,27?/m1/s1. The van der Waals surface area contributed by atoms with Crippen molar-refractivity contribution in [2.75, 3.05) is 0 Å². The van der Waals surface area contributed by atoms with Gasteiger partial charge in [-0.15, -0.1) is 0 Å². The number of non-ortho nitro benzene ring substituents is 1. The van der Waals surface area contributed by atoms with Gasteiger partial charge in [-0.1, -0.05) is 13.8 Å². The average molecular weight is 545 g/mol. The van der Waals surface area contributed by atoms with Crippen LogP contribution in [0.5, 0.6) is 0 Å². The number of nitriles is 1. The SMILES string of the molecule is C[C@H]1C(OC(=O)CCC(=O)OC(C#N)c2ccc([N+](=O)[O-])cc2)O[C@@H]2O[C@@]3(C)CC[C@H]4[C@H](C)CCC1C24OO3. The minimum absolute atomic E-state index is 0.0130. The number of carbonyl (C=O) groups is 2. The minimum atomic E-state index is -1.26. The van der Waals surface area contributed by atoms with E-state index in [-0.39, 0.29) is 41.8 Å². The van der Waals surface area contributed by atoms with Gasteiger partial charge in [-0.25, -0.2) is 9.78 Å². The Morgan fingerprint density at radius 1 is 1.13 bits per heavy atom. The van der Waals surface area contributed by atoms with Gasteiger partial charge in [0.2, 0.25) is 18.2 Å². The van der Waals surface area contributed by atoms with E-state index in [0.29, 0.717) is 12.3 Å². The Balaban J connectivity index is 1.19. The zero-order valence-electron chi connectivity index (χ0n) is 22.1. The molecule has 4 heterocycles. The highest BCUT2D eigenvalue weighted by molar-refractivity contribution is 5.78. The van der Waals surface area contributed by atoms with Crippen LogP contribution in [0.4, 0.5) is 5.69 Å². The normalized spacial score (nSPS) is 37.5. The Kier molecular flexibility index (Phi) is 7.37. The molecular formula is C27H32N2O10. The molecule has 1 aromatic carbocycles. The molecule has 1 aromatic rings. The molecule has 39 heavy (non-hydrogen) atoms. The first-order chi connectivity index (χ1) is 18.6. The van der Waals surface area contributed by atoms with Crippen LogP contribution in [0.1, 0.15) is 71.0 Å². The van der Waals surface area contributed by atoms with Crippen molar-refractivity contribution in [3.05, 3.63) is 39.9 Å². The Morgan fingerprint density at radius 3 is 2.54 bits per heavy atom. The molecule has 5 aliphatic rings. The van der Waals surface area contributed by atoms with E-state index in [1.807, 2.05) is 19.9 Å². The second-order valence-corrected chi connectivity index (χ2v) is 11.1. The molecule has 2 bridgehead atoms. The molecule has 4 saturated heterocycles. The number of esters is 2. The predicted molar refractivity (Wildman–Crippen MR) is 130 cm³/mol. The molecular weight excluding hydrogens is 512 g/mol. The van der Waals surface area contributed by atoms with Crippen molar-refractivity contribution < 1.29 is 43.2 Å². The highest BCUT2D eigenvalue weighted by atomic mass is 17.3. The lowest BCUT2D eigenvalue weighted by Crippen LogP contribution is -2.70. The number of hydrogen-bond donors (Lipinski definition) is 0. The van der Waals surface area contributed by atoms with Crippen LogP contribution in [0.2, 0.25) is 0 Å². The van der Waals surface area contributed by atoms with Gasteiger partial charge < -0.3 is 18.9 Å². The third kappa shape index (κ3) is 5.00. The lowest BCUT2D eigenvalue weighted by molar-refractivity contribution is -0.576. The second kappa shape index (κ2) is 10.5. The van der Waals surface area contributed by atoms with E-state index in [9.17, 15) is 25.0 Å². The number of rotatable bonds is 7. The lowest BCUT2D eigenvalue weighted by Gasteiger charge is -2.59. The van der Waals surface area contributed by atoms with Gasteiger partial charge in [0.15, 0.2) is 11.9 Å². The predicted octanol–water partition coefficient (Wildman–Crippen LogP) is 4.23. The summed E-state index contributed by atoms with van der Waals surface area (Å²) in [5, 5.41) is 20.2. The van der Waals surface area contributed by atoms with Crippen LogP contribution in [0.25, 0.3) is 0 Å². The van der Waals surface area contributed by atoms with Gasteiger partial charge >= 0.3 is 11.9 Å². The van der Waals surface area contributed by atoms with Crippen LogP contribution in [0.3, 0.4) is 0 Å². The van der Waals surface area contributed by atoms with E-state index in [1.165, 1.54) is 24.3 Å². The first kappa shape index (κ1) is 27.5. The number of nitro benzene ring substituents is 1. The number of nitrogens with zero attached hydrogens (tertiary/aromatic N) is 2. The van der Waals surface area contributed by atoms with Gasteiger partial charge in [0.25, 0.3) is 5.69 Å². The number of nitro groups is 1. The van der Waals surface area contributed by atoms with Gasteiger partial charge in [-0.05, 0) is 50.2 Å². The van der Waals surface area contributed by atoms with Crippen molar-refractivity contribution in [2.24, 2.45) is 23.7 Å². The van der Waals surface area contributed by atoms with E-state index in [2.05, 4.69) is 6.92 Å². The largest absolute Gasteiger partial charge is 0.442 e. The Labute approximate surface area is 225 Å². The summed E-state index contributed by atoms with van der Waals surface area (Å²) in [6, 6.07) is 6.97. The zero-order chi connectivity index (χ0) is 27.9. The smallest absolute Gasteiger partial charge is 0.308 e. The molecule has 12 heteroatoms. The van der Waals surface area contributed by atoms with E-state index in [1.54, 1.807) is 0 Å². The van der Waals surface area contributed by atoms with Gasteiger partial charge in [0.1, 0.15) is 6.07 Å². The number of fused-ring (bicyclic) bond motifs is 2. The van der Waals surface area contributed by atoms with Crippen molar-refractivity contribution in [3.8, 4) is 6.07 Å². The maximum absolute atomic E-state index is 12.7. The fourth-order valence-electron chi connectivity index (χ4n) is 6.53. The molecule has 4 aliphatic heterocycles. The van der Waals surface area contributed by atoms with Crippen molar-refractivity contribution in [3.63, 3.8) is 0 Å². The van der Waals surface area contributed by atoms with Gasteiger partial charge in [0, 0.05) is 36.0 Å². The van der Waals surface area contributed by atoms with Crippen molar-refractivity contribution in [1.82, 2.24) is 0 Å². The topological polar surface area (TPSA) is 156 Å². The summed E-state index contributed by atoms with van der Waals surface area (Å²) in [5.41, 5.74) is -0.637. The summed E-state index contributed by atoms with van der Waals surface area (Å²) >= 11 is 0. The molecule has 4 unspecified atom stereocenters. The van der Waals surface area contributed by atoms with Crippen LogP contribution >= 0.6 is 0 Å². The molecule has 5 fully saturated rings. The highest BCUT2D eigenvalue weighted by Gasteiger charge is 2.69. The van der Waals surface area contributed by atoms with E-state index >= 15 is 0 Å². The molecule has 210 valence electrons. The monoisotopic (exact) mass is 544 g/mol. The quantitative estimate of drug-likeness (QED) is 0.209. The molecule has 1 aliphatic carbocycles. The van der Waals surface area contributed by atoms with Crippen molar-refractivity contribution in [1.29, 1.82) is 5.26 Å². The van der Waals surface area contributed by atoms with E-state index < -0.39 is 46.9 Å². The summed E-state index contributed by atoms with van der Waals surface area (Å²) in [7, 11) is 0. The molecule has 6 rings (SSSR count). The summed E-state index contributed by atoms with van der Waals surface area (Å²) in [6.45, 7) is 5.99. The first-order valence-electron chi connectivity index (χ1n) is 13.3. The molecule has 0 aromatic heterocycles. The maximum Gasteiger partial charge on any atom is 0.308 e. The molecule has 9 atom stereocenters. The van der Waals surface area contributed by atoms with Gasteiger partial charge in [-0.3, -0.25) is 19.7 Å². The third-order valence-electron chi connectivity index (χ3n) is 8.65. The second-order valence-electron chi connectivity index (χ2n) is 11.1. The maximum atomic E-state index is 12.7. The van der Waals surface area contributed by atoms with E-state index in [0.717, 1.165) is 19.3 Å². The van der Waals surface area contributed by atoms with Crippen LogP contribution in [0.15, 0.2) is 24.3 Å². The number of ether oxygens (including phenoxy) is 4. The Bertz CT molecular complexity index is 1170. The molecule has 0 radical (unpaired) electrons. The van der Waals surface area contributed by atoms with Crippen LogP contribution < -0.4 is 0 Å². The summed E-state index contributed by atoms with van der Waals surface area (Å²) < 4.78 is 23.3. The minimum Gasteiger partial charge on any atom is -0.442 e. The number of hydrogen-bond acceptors (Lipinski definition) is 11. The summed E-state index contributed by atoms with van der Waals surface area (Å²) in [6.07, 6.45) is -0.0844. The van der Waals surface area contributed by atoms with Crippen LogP contribution in [-0.4, -0.2) is 40.8 Å². The van der Waals surface area contributed by atoms with Gasteiger partial charge in [-0.2, -0.15) is 5.26 Å². The Morgan fingerprint density at radius 2 is 1.85 bits per heavy atom. The summed E-state index contributed by atoms with van der Waals surface area (Å²) in [5.74, 6) is -2.00. The zero-order valence-corrected chi connectivity index (χ0v) is 22.1. The van der Waals surface area contributed by atoms with Gasteiger partial charge in [0.05, 0.1) is 17.8 Å². The van der Waals surface area contributed by atoms with E-state index in [4.69, 9.17) is 28.7 Å². The molecule has 0 amide bonds. The highest BCUT2D eigenvalue weighted by Crippen LogP contribution is 2.60. The third-order valence-corrected chi connectivity index (χ3v) is 8.65. The molecule has 12 nitrogen and oxygen atoms in total. The summed E-state index contributed by atoms with van der Waals surface area (Å²) in [4.78, 5) is 47.2. The average Bonchev–Trinajstić information content (AvgIpc) is 3.15. The fourth-order valence-corrected chi connectivity index (χ4v) is 6.53.